The van der Waals surface area contributed by atoms with Gasteiger partial charge in [-0.05, 0) is 44.5 Å². The molecule has 2 N–H and O–H groups in total. The first-order chi connectivity index (χ1) is 11.0. The van der Waals surface area contributed by atoms with Crippen LogP contribution in [0.1, 0.15) is 29.7 Å². The molecule has 1 amide bonds. The fourth-order valence-electron chi connectivity index (χ4n) is 2.75. The highest BCUT2D eigenvalue weighted by Crippen LogP contribution is 2.16. The van der Waals surface area contributed by atoms with Crippen molar-refractivity contribution < 1.29 is 9.53 Å². The first-order valence-corrected chi connectivity index (χ1v) is 8.33. The molecule has 23 heavy (non-hydrogen) atoms. The molecule has 5 nitrogen and oxygen atoms in total. The van der Waals surface area contributed by atoms with Crippen LogP contribution in [-0.2, 0) is 9.53 Å². The van der Waals surface area contributed by atoms with Crippen molar-refractivity contribution in [2.24, 2.45) is 0 Å². The van der Waals surface area contributed by atoms with E-state index in [2.05, 4.69) is 54.6 Å². The molecule has 1 heterocycles. The summed E-state index contributed by atoms with van der Waals surface area (Å²) in [6.45, 7) is 9.87. The van der Waals surface area contributed by atoms with Crippen molar-refractivity contribution in [3.63, 3.8) is 0 Å². The van der Waals surface area contributed by atoms with Crippen molar-refractivity contribution in [1.82, 2.24) is 15.5 Å². The molecule has 5 heteroatoms. The minimum Gasteiger partial charge on any atom is -0.374 e. The minimum absolute atomic E-state index is 0.0138. The van der Waals surface area contributed by atoms with Crippen LogP contribution in [0.25, 0.3) is 0 Å². The number of nitrogens with one attached hydrogen (secondary N) is 2. The number of hydrogen-bond acceptors (Lipinski definition) is 4. The predicted molar refractivity (Wildman–Crippen MR) is 92.6 cm³/mol. The van der Waals surface area contributed by atoms with E-state index in [1.807, 2.05) is 6.92 Å². The number of likely N-dealkylation sites (N-methyl/N-ethyl adjacent to an activating group) is 1. The van der Waals surface area contributed by atoms with E-state index in [0.29, 0.717) is 13.1 Å². The van der Waals surface area contributed by atoms with Crippen molar-refractivity contribution in [3.05, 3.63) is 34.9 Å². The van der Waals surface area contributed by atoms with Gasteiger partial charge in [0.1, 0.15) is 0 Å². The summed E-state index contributed by atoms with van der Waals surface area (Å²) < 4.78 is 5.67. The van der Waals surface area contributed by atoms with Gasteiger partial charge in [-0.15, -0.1) is 0 Å². The van der Waals surface area contributed by atoms with Gasteiger partial charge in [-0.25, -0.2) is 0 Å². The number of aryl methyl sites for hydroxylation is 2. The third-order valence-corrected chi connectivity index (χ3v) is 4.41. The van der Waals surface area contributed by atoms with Crippen molar-refractivity contribution in [3.8, 4) is 0 Å². The fourth-order valence-corrected chi connectivity index (χ4v) is 2.75. The number of morpholine rings is 1. The van der Waals surface area contributed by atoms with Crippen molar-refractivity contribution >= 4 is 5.91 Å². The first-order valence-electron chi connectivity index (χ1n) is 8.33. The van der Waals surface area contributed by atoms with Gasteiger partial charge >= 0.3 is 0 Å². The quantitative estimate of drug-likeness (QED) is 0.832. The second-order valence-electron chi connectivity index (χ2n) is 6.52. The normalized spacial score (nSPS) is 20.3. The van der Waals surface area contributed by atoms with Crippen LogP contribution in [0.2, 0.25) is 0 Å². The monoisotopic (exact) mass is 319 g/mol. The Labute approximate surface area is 139 Å². The van der Waals surface area contributed by atoms with Gasteiger partial charge in [0.2, 0.25) is 5.91 Å². The van der Waals surface area contributed by atoms with E-state index in [1.54, 1.807) is 0 Å². The van der Waals surface area contributed by atoms with Crippen LogP contribution in [0, 0.1) is 13.8 Å². The van der Waals surface area contributed by atoms with Crippen molar-refractivity contribution in [1.29, 1.82) is 0 Å². The lowest BCUT2D eigenvalue weighted by Crippen LogP contribution is -2.46. The number of carbonyl (C=O) groups excluding carboxylic acids is 1. The molecule has 1 aromatic carbocycles. The highest BCUT2D eigenvalue weighted by atomic mass is 16.5. The van der Waals surface area contributed by atoms with E-state index in [9.17, 15) is 4.79 Å². The lowest BCUT2D eigenvalue weighted by Gasteiger charge is -2.30. The largest absolute Gasteiger partial charge is 0.374 e. The topological polar surface area (TPSA) is 53.6 Å². The standard InChI is InChI=1S/C18H29N3O2/c1-13-5-6-16(9-14(13)2)15(3)20-18(22)11-19-10-17-12-21(4)7-8-23-17/h5-6,9,15,17,19H,7-8,10-12H2,1-4H3,(H,20,22). The number of benzene rings is 1. The van der Waals surface area contributed by atoms with E-state index in [4.69, 9.17) is 4.74 Å². The summed E-state index contributed by atoms with van der Waals surface area (Å²) in [6.07, 6.45) is 0.165. The Morgan fingerprint density at radius 1 is 1.39 bits per heavy atom. The minimum atomic E-state index is 0.0138. The molecule has 0 aliphatic carbocycles. The van der Waals surface area contributed by atoms with E-state index < -0.39 is 0 Å². The van der Waals surface area contributed by atoms with Gasteiger partial charge in [0.05, 0.1) is 25.3 Å². The number of ether oxygens (including phenoxy) is 1. The molecule has 0 saturated carbocycles. The predicted octanol–water partition coefficient (Wildman–Crippen LogP) is 1.40. The zero-order chi connectivity index (χ0) is 16.8. The second kappa shape index (κ2) is 8.43. The molecule has 1 saturated heterocycles. The van der Waals surface area contributed by atoms with Crippen LogP contribution in [0.3, 0.4) is 0 Å². The van der Waals surface area contributed by atoms with Gasteiger partial charge in [-0.1, -0.05) is 18.2 Å². The molecule has 2 unspecified atom stereocenters. The second-order valence-corrected chi connectivity index (χ2v) is 6.52. The smallest absolute Gasteiger partial charge is 0.234 e. The summed E-state index contributed by atoms with van der Waals surface area (Å²) in [7, 11) is 2.09. The number of carbonyl (C=O) groups is 1. The van der Waals surface area contributed by atoms with Crippen LogP contribution in [0.4, 0.5) is 0 Å². The van der Waals surface area contributed by atoms with Crippen LogP contribution in [0.5, 0.6) is 0 Å². The number of rotatable bonds is 6. The van der Waals surface area contributed by atoms with Gasteiger partial charge < -0.3 is 20.3 Å². The Morgan fingerprint density at radius 2 is 2.17 bits per heavy atom. The number of hydrogen-bond donors (Lipinski definition) is 2. The summed E-state index contributed by atoms with van der Waals surface area (Å²) in [6, 6.07) is 6.33. The molecule has 2 rings (SSSR count). The lowest BCUT2D eigenvalue weighted by atomic mass is 10.0. The average molecular weight is 319 g/mol. The van der Waals surface area contributed by atoms with E-state index >= 15 is 0 Å². The van der Waals surface area contributed by atoms with Gasteiger partial charge in [0, 0.05) is 19.6 Å². The highest BCUT2D eigenvalue weighted by Gasteiger charge is 2.17. The Hall–Kier alpha value is -1.43. The van der Waals surface area contributed by atoms with Crippen LogP contribution in [-0.4, -0.2) is 56.7 Å². The summed E-state index contributed by atoms with van der Waals surface area (Å²) >= 11 is 0. The molecule has 128 valence electrons. The maximum atomic E-state index is 12.1. The van der Waals surface area contributed by atoms with E-state index in [1.165, 1.54) is 11.1 Å². The molecule has 1 aliphatic heterocycles. The molecule has 1 fully saturated rings. The molecule has 1 aromatic rings. The maximum absolute atomic E-state index is 12.1. The van der Waals surface area contributed by atoms with Gasteiger partial charge in [-0.3, -0.25) is 4.79 Å². The molecule has 0 spiro atoms. The molecule has 1 aliphatic rings. The molecule has 2 atom stereocenters. The summed E-state index contributed by atoms with van der Waals surface area (Å²) in [4.78, 5) is 14.3. The molecular formula is C18H29N3O2. The Bertz CT molecular complexity index is 533. The summed E-state index contributed by atoms with van der Waals surface area (Å²) in [5.74, 6) is 0.0138. The Kier molecular flexibility index (Phi) is 6.57. The zero-order valence-electron chi connectivity index (χ0n) is 14.7. The highest BCUT2D eigenvalue weighted by molar-refractivity contribution is 5.78. The third kappa shape index (κ3) is 5.61. The lowest BCUT2D eigenvalue weighted by molar-refractivity contribution is -0.121. The summed E-state index contributed by atoms with van der Waals surface area (Å²) in [5.41, 5.74) is 3.66. The Morgan fingerprint density at radius 3 is 2.87 bits per heavy atom. The van der Waals surface area contributed by atoms with E-state index in [-0.39, 0.29) is 18.1 Å². The van der Waals surface area contributed by atoms with Crippen molar-refractivity contribution in [2.45, 2.75) is 32.9 Å². The average Bonchev–Trinajstić information content (AvgIpc) is 2.50. The fraction of sp³-hybridized carbons (Fsp3) is 0.611. The van der Waals surface area contributed by atoms with E-state index in [0.717, 1.165) is 25.3 Å². The summed E-state index contributed by atoms with van der Waals surface area (Å²) in [5, 5.41) is 6.23. The number of amides is 1. The first kappa shape index (κ1) is 17.9. The third-order valence-electron chi connectivity index (χ3n) is 4.41. The maximum Gasteiger partial charge on any atom is 0.234 e. The van der Waals surface area contributed by atoms with Gasteiger partial charge in [-0.2, -0.15) is 0 Å². The van der Waals surface area contributed by atoms with Crippen LogP contribution >= 0.6 is 0 Å². The van der Waals surface area contributed by atoms with Crippen LogP contribution < -0.4 is 10.6 Å². The van der Waals surface area contributed by atoms with Crippen LogP contribution in [0.15, 0.2) is 18.2 Å². The Balaban J connectivity index is 1.72. The van der Waals surface area contributed by atoms with Gasteiger partial charge in [0.15, 0.2) is 0 Å². The SMILES string of the molecule is Cc1ccc(C(C)NC(=O)CNCC2CN(C)CCO2)cc1C. The molecule has 0 aromatic heterocycles. The van der Waals surface area contributed by atoms with Crippen molar-refractivity contribution in [2.75, 3.05) is 39.8 Å². The number of nitrogens with zero attached hydrogens (tertiary/aromatic N) is 1. The zero-order valence-corrected chi connectivity index (χ0v) is 14.7. The molecular weight excluding hydrogens is 290 g/mol. The molecule has 0 radical (unpaired) electrons. The van der Waals surface area contributed by atoms with Gasteiger partial charge in [0.25, 0.3) is 0 Å². The molecule has 0 bridgehead atoms.